The summed E-state index contributed by atoms with van der Waals surface area (Å²) >= 11 is 0. The van der Waals surface area contributed by atoms with Crippen molar-refractivity contribution >= 4 is 11.6 Å². The fourth-order valence-electron chi connectivity index (χ4n) is 1.92. The molecular formula is C14H24N4. The molecule has 0 bridgehead atoms. The maximum atomic E-state index is 4.64. The zero-order valence-corrected chi connectivity index (χ0v) is 11.8. The van der Waals surface area contributed by atoms with E-state index in [1.807, 2.05) is 13.1 Å². The van der Waals surface area contributed by atoms with Crippen molar-refractivity contribution in [3.05, 3.63) is 11.9 Å². The molecule has 100 valence electrons. The fraction of sp³-hybridized carbons (Fsp3) is 0.714. The van der Waals surface area contributed by atoms with Crippen LogP contribution in [0, 0.1) is 5.92 Å². The summed E-state index contributed by atoms with van der Waals surface area (Å²) in [6.07, 6.45) is 3.63. The normalized spacial score (nSPS) is 18.2. The van der Waals surface area contributed by atoms with Crippen molar-refractivity contribution in [2.75, 3.05) is 17.7 Å². The molecule has 1 aromatic heterocycles. The lowest BCUT2D eigenvalue weighted by atomic mass is 10.0. The number of anilines is 2. The standard InChI is InChI=1S/C14H24N4/c1-5-9(2)10(3)16-13-8-12(15-4)17-14(18-13)11-6-7-11/h8-11H,5-7H2,1-4H3,(H2,15,16,17,18). The molecule has 2 unspecified atom stereocenters. The van der Waals surface area contributed by atoms with Crippen molar-refractivity contribution in [1.29, 1.82) is 0 Å². The highest BCUT2D eigenvalue weighted by Gasteiger charge is 2.27. The van der Waals surface area contributed by atoms with Crippen molar-refractivity contribution in [2.45, 2.75) is 52.0 Å². The first-order chi connectivity index (χ1) is 8.63. The Morgan fingerprint density at radius 3 is 2.50 bits per heavy atom. The predicted octanol–water partition coefficient (Wildman–Crippen LogP) is 3.24. The summed E-state index contributed by atoms with van der Waals surface area (Å²) in [5.41, 5.74) is 0. The third kappa shape index (κ3) is 3.12. The van der Waals surface area contributed by atoms with E-state index in [0.717, 1.165) is 17.5 Å². The predicted molar refractivity (Wildman–Crippen MR) is 76.1 cm³/mol. The van der Waals surface area contributed by atoms with Crippen molar-refractivity contribution in [3.63, 3.8) is 0 Å². The topological polar surface area (TPSA) is 49.8 Å². The number of hydrogen-bond donors (Lipinski definition) is 2. The van der Waals surface area contributed by atoms with Crippen LogP contribution in [-0.4, -0.2) is 23.1 Å². The molecule has 2 atom stereocenters. The van der Waals surface area contributed by atoms with E-state index in [-0.39, 0.29) is 0 Å². The van der Waals surface area contributed by atoms with Gasteiger partial charge in [0, 0.05) is 25.1 Å². The Morgan fingerprint density at radius 2 is 1.94 bits per heavy atom. The van der Waals surface area contributed by atoms with Crippen LogP contribution in [0.5, 0.6) is 0 Å². The minimum absolute atomic E-state index is 0.432. The van der Waals surface area contributed by atoms with Crippen LogP contribution in [0.4, 0.5) is 11.6 Å². The summed E-state index contributed by atoms with van der Waals surface area (Å²) in [7, 11) is 1.90. The van der Waals surface area contributed by atoms with Gasteiger partial charge in [-0.2, -0.15) is 0 Å². The molecule has 1 aliphatic carbocycles. The SMILES string of the molecule is CCC(C)C(C)Nc1cc(NC)nc(C2CC2)n1. The Morgan fingerprint density at radius 1 is 1.28 bits per heavy atom. The van der Waals surface area contributed by atoms with Crippen LogP contribution in [0.2, 0.25) is 0 Å². The van der Waals surface area contributed by atoms with Crippen molar-refractivity contribution < 1.29 is 0 Å². The van der Waals surface area contributed by atoms with Crippen LogP contribution in [0.1, 0.15) is 51.8 Å². The first-order valence-electron chi connectivity index (χ1n) is 6.97. The second-order valence-corrected chi connectivity index (χ2v) is 5.34. The summed E-state index contributed by atoms with van der Waals surface area (Å²) in [4.78, 5) is 9.16. The maximum Gasteiger partial charge on any atom is 0.136 e. The second kappa shape index (κ2) is 5.55. The number of aromatic nitrogens is 2. The van der Waals surface area contributed by atoms with Crippen LogP contribution < -0.4 is 10.6 Å². The van der Waals surface area contributed by atoms with Crippen LogP contribution in [0.15, 0.2) is 6.07 Å². The number of nitrogens with one attached hydrogen (secondary N) is 2. The van der Waals surface area contributed by atoms with Gasteiger partial charge in [-0.1, -0.05) is 20.3 Å². The first-order valence-corrected chi connectivity index (χ1v) is 6.97. The molecular weight excluding hydrogens is 224 g/mol. The van der Waals surface area contributed by atoms with E-state index in [4.69, 9.17) is 0 Å². The van der Waals surface area contributed by atoms with Gasteiger partial charge in [-0.3, -0.25) is 0 Å². The highest BCUT2D eigenvalue weighted by molar-refractivity contribution is 5.48. The Balaban J connectivity index is 2.13. The van der Waals surface area contributed by atoms with Crippen LogP contribution in [0.3, 0.4) is 0 Å². The van der Waals surface area contributed by atoms with E-state index >= 15 is 0 Å². The van der Waals surface area contributed by atoms with Gasteiger partial charge in [-0.15, -0.1) is 0 Å². The Bertz CT molecular complexity index is 401. The molecule has 1 heterocycles. The number of hydrogen-bond acceptors (Lipinski definition) is 4. The van der Waals surface area contributed by atoms with Crippen molar-refractivity contribution in [3.8, 4) is 0 Å². The van der Waals surface area contributed by atoms with E-state index in [0.29, 0.717) is 17.9 Å². The third-order valence-corrected chi connectivity index (χ3v) is 3.82. The first kappa shape index (κ1) is 13.1. The highest BCUT2D eigenvalue weighted by Crippen LogP contribution is 2.38. The van der Waals surface area contributed by atoms with Gasteiger partial charge < -0.3 is 10.6 Å². The highest BCUT2D eigenvalue weighted by atomic mass is 15.1. The van der Waals surface area contributed by atoms with E-state index in [2.05, 4.69) is 41.4 Å². The molecule has 1 aromatic rings. The molecule has 1 saturated carbocycles. The van der Waals surface area contributed by atoms with Gasteiger partial charge in [0.1, 0.15) is 17.5 Å². The van der Waals surface area contributed by atoms with Crippen LogP contribution >= 0.6 is 0 Å². The van der Waals surface area contributed by atoms with Crippen LogP contribution in [0.25, 0.3) is 0 Å². The molecule has 0 saturated heterocycles. The molecule has 1 fully saturated rings. The molecule has 4 nitrogen and oxygen atoms in total. The van der Waals surface area contributed by atoms with Gasteiger partial charge in [0.2, 0.25) is 0 Å². The van der Waals surface area contributed by atoms with Crippen molar-refractivity contribution in [1.82, 2.24) is 9.97 Å². The smallest absolute Gasteiger partial charge is 0.136 e. The average Bonchev–Trinajstić information content (AvgIpc) is 3.21. The van der Waals surface area contributed by atoms with Gasteiger partial charge >= 0.3 is 0 Å². The van der Waals surface area contributed by atoms with E-state index in [1.165, 1.54) is 19.3 Å². The maximum absolute atomic E-state index is 4.64. The Hall–Kier alpha value is -1.32. The van der Waals surface area contributed by atoms with Gasteiger partial charge in [0.05, 0.1) is 0 Å². The van der Waals surface area contributed by atoms with Gasteiger partial charge in [-0.05, 0) is 25.7 Å². The summed E-state index contributed by atoms with van der Waals surface area (Å²) in [6.45, 7) is 6.70. The van der Waals surface area contributed by atoms with E-state index < -0.39 is 0 Å². The molecule has 0 aromatic carbocycles. The zero-order chi connectivity index (χ0) is 13.1. The van der Waals surface area contributed by atoms with Gasteiger partial charge in [-0.25, -0.2) is 9.97 Å². The summed E-state index contributed by atoms with van der Waals surface area (Å²) in [5.74, 6) is 4.07. The minimum Gasteiger partial charge on any atom is -0.373 e. The number of rotatable bonds is 6. The second-order valence-electron chi connectivity index (χ2n) is 5.34. The largest absolute Gasteiger partial charge is 0.373 e. The molecule has 1 aliphatic rings. The summed E-state index contributed by atoms with van der Waals surface area (Å²) in [5, 5.41) is 6.61. The van der Waals surface area contributed by atoms with Gasteiger partial charge in [0.15, 0.2) is 0 Å². The van der Waals surface area contributed by atoms with Crippen molar-refractivity contribution in [2.24, 2.45) is 5.92 Å². The van der Waals surface area contributed by atoms with E-state index in [1.54, 1.807) is 0 Å². The molecule has 2 rings (SSSR count). The molecule has 0 radical (unpaired) electrons. The quantitative estimate of drug-likeness (QED) is 0.811. The lowest BCUT2D eigenvalue weighted by molar-refractivity contribution is 0.493. The molecule has 18 heavy (non-hydrogen) atoms. The average molecular weight is 248 g/mol. The molecule has 0 spiro atoms. The molecule has 4 heteroatoms. The summed E-state index contributed by atoms with van der Waals surface area (Å²) < 4.78 is 0. The lowest BCUT2D eigenvalue weighted by Crippen LogP contribution is -2.24. The minimum atomic E-state index is 0.432. The number of nitrogens with zero attached hydrogens (tertiary/aromatic N) is 2. The van der Waals surface area contributed by atoms with Gasteiger partial charge in [0.25, 0.3) is 0 Å². The van der Waals surface area contributed by atoms with E-state index in [9.17, 15) is 0 Å². The monoisotopic (exact) mass is 248 g/mol. The molecule has 2 N–H and O–H groups in total. The third-order valence-electron chi connectivity index (χ3n) is 3.82. The summed E-state index contributed by atoms with van der Waals surface area (Å²) in [6, 6.07) is 2.42. The fourth-order valence-corrected chi connectivity index (χ4v) is 1.92. The van der Waals surface area contributed by atoms with Crippen LogP contribution in [-0.2, 0) is 0 Å². The molecule has 0 amide bonds. The Kier molecular flexibility index (Phi) is 4.04. The molecule has 0 aliphatic heterocycles. The zero-order valence-electron chi connectivity index (χ0n) is 11.8. The Labute approximate surface area is 110 Å². The lowest BCUT2D eigenvalue weighted by Gasteiger charge is -2.21.